The molecule has 0 bridgehead atoms. The molecule has 78 valence electrons. The van der Waals surface area contributed by atoms with Gasteiger partial charge in [0.15, 0.2) is 0 Å². The Morgan fingerprint density at radius 2 is 1.87 bits per heavy atom. The largest absolute Gasteiger partial charge is 0.321 e. The summed E-state index contributed by atoms with van der Waals surface area (Å²) in [6, 6.07) is 8.13. The van der Waals surface area contributed by atoms with Crippen LogP contribution in [0.25, 0.3) is 10.9 Å². The SMILES string of the molecule is NS(=O)(=O)c1cc2ccccc2[nH]c1=O. The fourth-order valence-corrected chi connectivity index (χ4v) is 1.94. The van der Waals surface area contributed by atoms with Gasteiger partial charge >= 0.3 is 0 Å². The van der Waals surface area contributed by atoms with Crippen LogP contribution in [0.1, 0.15) is 0 Å². The van der Waals surface area contributed by atoms with E-state index in [4.69, 9.17) is 5.14 Å². The quantitative estimate of drug-likeness (QED) is 0.723. The highest BCUT2D eigenvalue weighted by Crippen LogP contribution is 2.11. The smallest absolute Gasteiger partial charge is 0.268 e. The van der Waals surface area contributed by atoms with Gasteiger partial charge in [-0.15, -0.1) is 0 Å². The highest BCUT2D eigenvalue weighted by Gasteiger charge is 2.13. The number of rotatable bonds is 1. The standard InChI is InChI=1S/C9H8N2O3S/c10-15(13,14)8-5-6-3-1-2-4-7(6)11-9(8)12/h1-5H,(H,11,12)(H2,10,13,14). The van der Waals surface area contributed by atoms with Crippen molar-refractivity contribution >= 4 is 20.9 Å². The van der Waals surface area contributed by atoms with Gasteiger partial charge in [0, 0.05) is 5.52 Å². The van der Waals surface area contributed by atoms with E-state index >= 15 is 0 Å². The van der Waals surface area contributed by atoms with E-state index < -0.39 is 20.5 Å². The summed E-state index contributed by atoms with van der Waals surface area (Å²) in [7, 11) is -3.97. The summed E-state index contributed by atoms with van der Waals surface area (Å²) in [6.45, 7) is 0. The number of fused-ring (bicyclic) bond motifs is 1. The predicted octanol–water partition coefficient (Wildman–Crippen LogP) is 0.176. The Kier molecular flexibility index (Phi) is 2.09. The van der Waals surface area contributed by atoms with Crippen molar-refractivity contribution in [1.29, 1.82) is 0 Å². The second kappa shape index (κ2) is 3.18. The van der Waals surface area contributed by atoms with E-state index in [1.807, 2.05) is 0 Å². The summed E-state index contributed by atoms with van der Waals surface area (Å²) < 4.78 is 22.1. The van der Waals surface area contributed by atoms with E-state index in [9.17, 15) is 13.2 Å². The van der Waals surface area contributed by atoms with Crippen LogP contribution in [0.5, 0.6) is 0 Å². The van der Waals surface area contributed by atoms with E-state index in [-0.39, 0.29) is 0 Å². The van der Waals surface area contributed by atoms with Crippen molar-refractivity contribution < 1.29 is 8.42 Å². The number of para-hydroxylation sites is 1. The average Bonchev–Trinajstić information content (AvgIpc) is 2.15. The number of H-pyrrole nitrogens is 1. The second-order valence-electron chi connectivity index (χ2n) is 3.09. The minimum absolute atomic E-state index is 0.416. The molecule has 3 N–H and O–H groups in total. The molecule has 2 aromatic rings. The topological polar surface area (TPSA) is 93.0 Å². The first kappa shape index (κ1) is 9.88. The van der Waals surface area contributed by atoms with Crippen LogP contribution < -0.4 is 10.7 Å². The number of nitrogens with one attached hydrogen (secondary N) is 1. The molecule has 1 aromatic heterocycles. The van der Waals surface area contributed by atoms with Crippen LogP contribution >= 0.6 is 0 Å². The Bertz CT molecular complexity index is 673. The molecule has 0 saturated heterocycles. The predicted molar refractivity (Wildman–Crippen MR) is 55.9 cm³/mol. The normalized spacial score (nSPS) is 11.8. The molecule has 0 aliphatic carbocycles. The summed E-state index contributed by atoms with van der Waals surface area (Å²) >= 11 is 0. The molecule has 0 radical (unpaired) electrons. The highest BCUT2D eigenvalue weighted by molar-refractivity contribution is 7.89. The van der Waals surface area contributed by atoms with Gasteiger partial charge in [-0.1, -0.05) is 18.2 Å². The zero-order chi connectivity index (χ0) is 11.1. The highest BCUT2D eigenvalue weighted by atomic mass is 32.2. The molecular weight excluding hydrogens is 216 g/mol. The Morgan fingerprint density at radius 3 is 2.53 bits per heavy atom. The first-order chi connectivity index (χ1) is 6.98. The molecule has 1 aromatic carbocycles. The number of aromatic amines is 1. The van der Waals surface area contributed by atoms with Crippen molar-refractivity contribution in [2.75, 3.05) is 0 Å². The maximum Gasteiger partial charge on any atom is 0.268 e. The third-order valence-corrected chi connectivity index (χ3v) is 2.94. The third kappa shape index (κ3) is 1.77. The van der Waals surface area contributed by atoms with E-state index in [0.29, 0.717) is 10.9 Å². The minimum atomic E-state index is -3.97. The van der Waals surface area contributed by atoms with Crippen LogP contribution in [-0.2, 0) is 10.0 Å². The van der Waals surface area contributed by atoms with Crippen molar-refractivity contribution in [2.45, 2.75) is 4.90 Å². The number of hydrogen-bond acceptors (Lipinski definition) is 3. The van der Waals surface area contributed by atoms with Crippen LogP contribution in [0.15, 0.2) is 40.0 Å². The zero-order valence-corrected chi connectivity index (χ0v) is 8.41. The molecule has 2 rings (SSSR count). The van der Waals surface area contributed by atoms with Gasteiger partial charge in [0.2, 0.25) is 10.0 Å². The van der Waals surface area contributed by atoms with Crippen LogP contribution in [0, 0.1) is 0 Å². The Morgan fingerprint density at radius 1 is 1.20 bits per heavy atom. The van der Waals surface area contributed by atoms with Gasteiger partial charge in [-0.3, -0.25) is 4.79 Å². The van der Waals surface area contributed by atoms with E-state index in [0.717, 1.165) is 0 Å². The molecule has 0 aliphatic rings. The second-order valence-corrected chi connectivity index (χ2v) is 4.62. The molecule has 15 heavy (non-hydrogen) atoms. The molecule has 0 atom stereocenters. The molecule has 6 heteroatoms. The lowest BCUT2D eigenvalue weighted by molar-refractivity contribution is 0.596. The van der Waals surface area contributed by atoms with Crippen LogP contribution in [0.4, 0.5) is 0 Å². The van der Waals surface area contributed by atoms with Gasteiger partial charge in [0.25, 0.3) is 5.56 Å². The average molecular weight is 224 g/mol. The lowest BCUT2D eigenvalue weighted by Gasteiger charge is -2.00. The number of hydrogen-bond donors (Lipinski definition) is 2. The van der Waals surface area contributed by atoms with Gasteiger partial charge < -0.3 is 4.98 Å². The number of nitrogens with two attached hydrogens (primary N) is 1. The van der Waals surface area contributed by atoms with Crippen LogP contribution in [0.3, 0.4) is 0 Å². The van der Waals surface area contributed by atoms with Crippen molar-refractivity contribution in [3.63, 3.8) is 0 Å². The van der Waals surface area contributed by atoms with Crippen molar-refractivity contribution in [2.24, 2.45) is 5.14 Å². The summed E-state index contributed by atoms with van der Waals surface area (Å²) in [5, 5.41) is 5.53. The monoisotopic (exact) mass is 224 g/mol. The summed E-state index contributed by atoms with van der Waals surface area (Å²) in [5.41, 5.74) is -0.119. The molecule has 1 heterocycles. The van der Waals surface area contributed by atoms with Crippen LogP contribution in [-0.4, -0.2) is 13.4 Å². The number of primary sulfonamides is 1. The van der Waals surface area contributed by atoms with E-state index in [1.165, 1.54) is 6.07 Å². The first-order valence-electron chi connectivity index (χ1n) is 4.13. The van der Waals surface area contributed by atoms with Crippen molar-refractivity contribution in [1.82, 2.24) is 4.98 Å². The maximum absolute atomic E-state index is 11.4. The zero-order valence-electron chi connectivity index (χ0n) is 7.60. The Labute approximate surface area is 85.6 Å². The summed E-state index contributed by atoms with van der Waals surface area (Å²) in [4.78, 5) is 13.4. The molecule has 0 fully saturated rings. The number of benzene rings is 1. The molecule has 0 spiro atoms. The number of pyridine rings is 1. The van der Waals surface area contributed by atoms with E-state index in [2.05, 4.69) is 4.98 Å². The van der Waals surface area contributed by atoms with Crippen molar-refractivity contribution in [3.05, 3.63) is 40.7 Å². The van der Waals surface area contributed by atoms with Gasteiger partial charge in [0.05, 0.1) is 0 Å². The molecule has 0 aliphatic heterocycles. The van der Waals surface area contributed by atoms with Crippen LogP contribution in [0.2, 0.25) is 0 Å². The molecule has 5 nitrogen and oxygen atoms in total. The van der Waals surface area contributed by atoms with Gasteiger partial charge in [-0.05, 0) is 17.5 Å². The molecule has 0 amide bonds. The molecule has 0 unspecified atom stereocenters. The fraction of sp³-hybridized carbons (Fsp3) is 0. The number of sulfonamides is 1. The first-order valence-corrected chi connectivity index (χ1v) is 5.68. The third-order valence-electron chi connectivity index (χ3n) is 2.03. The number of aromatic nitrogens is 1. The maximum atomic E-state index is 11.4. The lowest BCUT2D eigenvalue weighted by Crippen LogP contribution is -2.22. The van der Waals surface area contributed by atoms with Gasteiger partial charge in [-0.2, -0.15) is 0 Å². The minimum Gasteiger partial charge on any atom is -0.321 e. The van der Waals surface area contributed by atoms with Gasteiger partial charge in [-0.25, -0.2) is 13.6 Å². The fourth-order valence-electron chi connectivity index (χ4n) is 1.34. The molecular formula is C9H8N2O3S. The lowest BCUT2D eigenvalue weighted by atomic mass is 10.2. The van der Waals surface area contributed by atoms with Gasteiger partial charge in [0.1, 0.15) is 4.90 Å². The Balaban J connectivity index is 2.91. The van der Waals surface area contributed by atoms with E-state index in [1.54, 1.807) is 24.3 Å². The molecule has 0 saturated carbocycles. The summed E-state index contributed by atoms with van der Waals surface area (Å²) in [6.07, 6.45) is 0. The van der Waals surface area contributed by atoms with Crippen molar-refractivity contribution in [3.8, 4) is 0 Å². The summed E-state index contributed by atoms with van der Waals surface area (Å²) in [5.74, 6) is 0. The Hall–Kier alpha value is -1.66.